The van der Waals surface area contributed by atoms with Gasteiger partial charge in [0.25, 0.3) is 0 Å². The first kappa shape index (κ1) is 10.6. The van der Waals surface area contributed by atoms with Crippen LogP contribution in [-0.4, -0.2) is 22.8 Å². The summed E-state index contributed by atoms with van der Waals surface area (Å²) in [7, 11) is 1.88. The van der Waals surface area contributed by atoms with Gasteiger partial charge in [0.15, 0.2) is 0 Å². The molecule has 0 atom stereocenters. The zero-order valence-corrected chi connectivity index (χ0v) is 8.70. The predicted octanol–water partition coefficient (Wildman–Crippen LogP) is 2.30. The Morgan fingerprint density at radius 3 is 2.09 bits per heavy atom. The van der Waals surface area contributed by atoms with Gasteiger partial charge in [-0.25, -0.2) is 0 Å². The average molecular weight is 172 g/mol. The summed E-state index contributed by atoms with van der Waals surface area (Å²) < 4.78 is 0. The molecule has 0 aliphatic heterocycles. The number of hydrazone groups is 1. The third kappa shape index (κ3) is 4.09. The SMILES string of the molecule is CC(C)=NN(C)C(=S)C(C)C. The van der Waals surface area contributed by atoms with E-state index >= 15 is 0 Å². The Kier molecular flexibility index (Phi) is 4.26. The van der Waals surface area contributed by atoms with Gasteiger partial charge in [-0.1, -0.05) is 26.1 Å². The van der Waals surface area contributed by atoms with E-state index in [1.54, 1.807) is 5.01 Å². The molecule has 0 radical (unpaired) electrons. The van der Waals surface area contributed by atoms with Gasteiger partial charge in [-0.15, -0.1) is 0 Å². The quantitative estimate of drug-likeness (QED) is 0.361. The second kappa shape index (κ2) is 4.44. The highest BCUT2D eigenvalue weighted by Gasteiger charge is 2.06. The Morgan fingerprint density at radius 1 is 1.36 bits per heavy atom. The van der Waals surface area contributed by atoms with Crippen LogP contribution in [0.5, 0.6) is 0 Å². The van der Waals surface area contributed by atoms with Gasteiger partial charge in [0.1, 0.15) is 4.99 Å². The first-order valence-electron chi connectivity index (χ1n) is 3.74. The first-order chi connectivity index (χ1) is 4.95. The van der Waals surface area contributed by atoms with Crippen molar-refractivity contribution in [2.45, 2.75) is 27.7 Å². The van der Waals surface area contributed by atoms with Crippen LogP contribution in [0.2, 0.25) is 0 Å². The molecule has 2 nitrogen and oxygen atoms in total. The molecular weight excluding hydrogens is 156 g/mol. The lowest BCUT2D eigenvalue weighted by Gasteiger charge is -2.17. The summed E-state index contributed by atoms with van der Waals surface area (Å²) in [5.74, 6) is 0.387. The Labute approximate surface area is 74.3 Å². The van der Waals surface area contributed by atoms with E-state index in [1.165, 1.54) is 0 Å². The molecule has 0 N–H and O–H groups in total. The minimum Gasteiger partial charge on any atom is -0.262 e. The Hall–Kier alpha value is -0.440. The minimum atomic E-state index is 0.387. The summed E-state index contributed by atoms with van der Waals surface area (Å²) in [6, 6.07) is 0. The van der Waals surface area contributed by atoms with E-state index in [2.05, 4.69) is 18.9 Å². The second-order valence-electron chi connectivity index (χ2n) is 3.06. The van der Waals surface area contributed by atoms with Gasteiger partial charge in [0.05, 0.1) is 0 Å². The normalized spacial score (nSPS) is 9.64. The van der Waals surface area contributed by atoms with E-state index in [0.29, 0.717) is 5.92 Å². The van der Waals surface area contributed by atoms with Gasteiger partial charge >= 0.3 is 0 Å². The number of thiocarbonyl (C=S) groups is 1. The molecule has 0 aromatic carbocycles. The molecule has 0 rings (SSSR count). The summed E-state index contributed by atoms with van der Waals surface area (Å²) in [6.07, 6.45) is 0. The maximum atomic E-state index is 5.14. The predicted molar refractivity (Wildman–Crippen MR) is 54.0 cm³/mol. The summed E-state index contributed by atoms with van der Waals surface area (Å²) in [5, 5.41) is 5.97. The summed E-state index contributed by atoms with van der Waals surface area (Å²) in [6.45, 7) is 8.05. The van der Waals surface area contributed by atoms with Gasteiger partial charge in [-0.2, -0.15) is 5.10 Å². The van der Waals surface area contributed by atoms with Crippen molar-refractivity contribution >= 4 is 22.9 Å². The highest BCUT2D eigenvalue weighted by atomic mass is 32.1. The molecule has 0 aliphatic carbocycles. The van der Waals surface area contributed by atoms with Crippen LogP contribution in [0, 0.1) is 5.92 Å². The van der Waals surface area contributed by atoms with Crippen molar-refractivity contribution in [2.75, 3.05) is 7.05 Å². The molecule has 0 saturated carbocycles. The fourth-order valence-electron chi connectivity index (χ4n) is 0.723. The molecule has 0 unspecified atom stereocenters. The maximum Gasteiger partial charge on any atom is 0.102 e. The lowest BCUT2D eigenvalue weighted by atomic mass is 10.2. The van der Waals surface area contributed by atoms with Crippen molar-refractivity contribution in [1.29, 1.82) is 0 Å². The van der Waals surface area contributed by atoms with Crippen LogP contribution >= 0.6 is 12.2 Å². The van der Waals surface area contributed by atoms with E-state index in [0.717, 1.165) is 10.7 Å². The van der Waals surface area contributed by atoms with E-state index in [-0.39, 0.29) is 0 Å². The van der Waals surface area contributed by atoms with Crippen LogP contribution in [0.25, 0.3) is 0 Å². The molecular formula is C8H16N2S. The van der Waals surface area contributed by atoms with Gasteiger partial charge < -0.3 is 0 Å². The van der Waals surface area contributed by atoms with Crippen molar-refractivity contribution in [1.82, 2.24) is 5.01 Å². The topological polar surface area (TPSA) is 15.6 Å². The molecule has 3 heteroatoms. The lowest BCUT2D eigenvalue weighted by Crippen LogP contribution is -2.24. The molecule has 11 heavy (non-hydrogen) atoms. The molecule has 0 aromatic rings. The van der Waals surface area contributed by atoms with Crippen LogP contribution in [-0.2, 0) is 0 Å². The van der Waals surface area contributed by atoms with Crippen LogP contribution in [0.3, 0.4) is 0 Å². The van der Waals surface area contributed by atoms with E-state index in [9.17, 15) is 0 Å². The third-order valence-electron chi connectivity index (χ3n) is 1.16. The molecule has 0 amide bonds. The number of rotatable bonds is 2. The molecule has 0 aliphatic rings. The van der Waals surface area contributed by atoms with E-state index in [1.807, 2.05) is 20.9 Å². The Balaban J connectivity index is 4.15. The van der Waals surface area contributed by atoms with Crippen LogP contribution in [0.15, 0.2) is 5.10 Å². The second-order valence-corrected chi connectivity index (χ2v) is 3.48. The zero-order chi connectivity index (χ0) is 9.02. The minimum absolute atomic E-state index is 0.387. The highest BCUT2D eigenvalue weighted by Crippen LogP contribution is 2.02. The van der Waals surface area contributed by atoms with Gasteiger partial charge in [0, 0.05) is 18.7 Å². The Bertz CT molecular complexity index is 169. The molecule has 0 heterocycles. The molecule has 0 fully saturated rings. The fourth-order valence-corrected chi connectivity index (χ4v) is 0.764. The van der Waals surface area contributed by atoms with Gasteiger partial charge in [0.2, 0.25) is 0 Å². The average Bonchev–Trinajstić information content (AvgIpc) is 1.84. The van der Waals surface area contributed by atoms with Crippen molar-refractivity contribution in [3.05, 3.63) is 0 Å². The molecule has 0 saturated heterocycles. The number of hydrogen-bond acceptors (Lipinski definition) is 2. The van der Waals surface area contributed by atoms with Gasteiger partial charge in [-0.05, 0) is 13.8 Å². The largest absolute Gasteiger partial charge is 0.262 e. The fraction of sp³-hybridized carbons (Fsp3) is 0.750. The van der Waals surface area contributed by atoms with Crippen LogP contribution < -0.4 is 0 Å². The zero-order valence-electron chi connectivity index (χ0n) is 7.88. The molecule has 0 bridgehead atoms. The van der Waals surface area contributed by atoms with Crippen LogP contribution in [0.4, 0.5) is 0 Å². The standard InChI is InChI=1S/C8H16N2S/c1-6(2)8(11)10(5)9-7(3)4/h6H,1-5H3. The van der Waals surface area contributed by atoms with Crippen molar-refractivity contribution in [3.8, 4) is 0 Å². The van der Waals surface area contributed by atoms with Gasteiger partial charge in [-0.3, -0.25) is 5.01 Å². The van der Waals surface area contributed by atoms with Crippen molar-refractivity contribution in [2.24, 2.45) is 11.0 Å². The third-order valence-corrected chi connectivity index (χ3v) is 1.90. The maximum absolute atomic E-state index is 5.14. The van der Waals surface area contributed by atoms with E-state index < -0.39 is 0 Å². The highest BCUT2D eigenvalue weighted by molar-refractivity contribution is 7.80. The number of nitrogens with zero attached hydrogens (tertiary/aromatic N) is 2. The smallest absolute Gasteiger partial charge is 0.102 e. The summed E-state index contributed by atoms with van der Waals surface area (Å²) in [4.78, 5) is 0.881. The molecule has 64 valence electrons. The lowest BCUT2D eigenvalue weighted by molar-refractivity contribution is 0.522. The molecule has 0 spiro atoms. The Morgan fingerprint density at radius 2 is 1.82 bits per heavy atom. The van der Waals surface area contributed by atoms with Crippen molar-refractivity contribution in [3.63, 3.8) is 0 Å². The monoisotopic (exact) mass is 172 g/mol. The summed E-state index contributed by atoms with van der Waals surface area (Å²) >= 11 is 5.14. The number of hydrogen-bond donors (Lipinski definition) is 0. The first-order valence-corrected chi connectivity index (χ1v) is 4.15. The molecule has 0 aromatic heterocycles. The van der Waals surface area contributed by atoms with Crippen molar-refractivity contribution < 1.29 is 0 Å². The summed E-state index contributed by atoms with van der Waals surface area (Å²) in [5.41, 5.74) is 1.02. The van der Waals surface area contributed by atoms with Crippen LogP contribution in [0.1, 0.15) is 27.7 Å². The van der Waals surface area contributed by atoms with E-state index in [4.69, 9.17) is 12.2 Å².